The highest BCUT2D eigenvalue weighted by Gasteiger charge is 2.10. The lowest BCUT2D eigenvalue weighted by Crippen LogP contribution is -2.23. The Kier molecular flexibility index (Phi) is 4.35. The molecule has 0 aliphatic carbocycles. The van der Waals surface area contributed by atoms with Crippen molar-refractivity contribution in [2.24, 2.45) is 0 Å². The molecule has 0 spiro atoms. The smallest absolute Gasteiger partial charge is 0.136 e. The Morgan fingerprint density at radius 3 is 2.58 bits per heavy atom. The van der Waals surface area contributed by atoms with Crippen LogP contribution in [0.15, 0.2) is 30.5 Å². The topological polar surface area (TPSA) is 56.6 Å². The van der Waals surface area contributed by atoms with Crippen LogP contribution in [-0.2, 0) is 6.61 Å². The van der Waals surface area contributed by atoms with E-state index in [1.54, 1.807) is 13.1 Å². The van der Waals surface area contributed by atoms with Gasteiger partial charge in [0.05, 0.1) is 12.7 Å². The normalized spacial score (nSPS) is 12.6. The van der Waals surface area contributed by atoms with Crippen LogP contribution in [0.1, 0.15) is 18.9 Å². The second kappa shape index (κ2) is 5.99. The van der Waals surface area contributed by atoms with Gasteiger partial charge in [-0.1, -0.05) is 24.3 Å². The van der Waals surface area contributed by atoms with Crippen LogP contribution in [0, 0.1) is 0 Å². The molecule has 2 aromatic rings. The van der Waals surface area contributed by atoms with Gasteiger partial charge in [0, 0.05) is 30.7 Å². The van der Waals surface area contributed by atoms with Crippen molar-refractivity contribution in [2.45, 2.75) is 26.1 Å². The Morgan fingerprint density at radius 2 is 1.95 bits per heavy atom. The number of fused-ring (bicyclic) bond motifs is 1. The van der Waals surface area contributed by atoms with Crippen LogP contribution in [0.25, 0.3) is 10.8 Å². The summed E-state index contributed by atoms with van der Waals surface area (Å²) >= 11 is 0. The molecular weight excluding hydrogens is 240 g/mol. The number of rotatable bonds is 5. The lowest BCUT2D eigenvalue weighted by molar-refractivity contribution is 0.187. The molecule has 19 heavy (non-hydrogen) atoms. The summed E-state index contributed by atoms with van der Waals surface area (Å²) in [6.07, 6.45) is 2.11. The molecule has 1 aromatic carbocycles. The van der Waals surface area contributed by atoms with Crippen LogP contribution < -0.4 is 4.90 Å². The van der Waals surface area contributed by atoms with Gasteiger partial charge in [-0.05, 0) is 18.7 Å². The molecular formula is C15H20N2O2. The third-order valence-electron chi connectivity index (χ3n) is 3.27. The zero-order valence-corrected chi connectivity index (χ0v) is 11.4. The monoisotopic (exact) mass is 260 g/mol. The highest BCUT2D eigenvalue weighted by atomic mass is 16.3. The number of aliphatic hydroxyl groups excluding tert-OH is 2. The second-order valence-corrected chi connectivity index (χ2v) is 4.87. The molecule has 0 saturated carbocycles. The minimum absolute atomic E-state index is 0.00875. The first kappa shape index (κ1) is 13.8. The largest absolute Gasteiger partial charge is 0.393 e. The summed E-state index contributed by atoms with van der Waals surface area (Å²) in [5.41, 5.74) is 0.836. The fourth-order valence-corrected chi connectivity index (χ4v) is 2.15. The van der Waals surface area contributed by atoms with Crippen LogP contribution in [0.4, 0.5) is 5.82 Å². The molecule has 2 rings (SSSR count). The summed E-state index contributed by atoms with van der Waals surface area (Å²) < 4.78 is 0. The van der Waals surface area contributed by atoms with Crippen molar-refractivity contribution in [3.05, 3.63) is 36.0 Å². The molecule has 2 N–H and O–H groups in total. The van der Waals surface area contributed by atoms with Crippen LogP contribution in [0.5, 0.6) is 0 Å². The maximum Gasteiger partial charge on any atom is 0.136 e. The highest BCUT2D eigenvalue weighted by Crippen LogP contribution is 2.26. The number of hydrogen-bond donors (Lipinski definition) is 2. The summed E-state index contributed by atoms with van der Waals surface area (Å²) in [6, 6.07) is 7.93. The van der Waals surface area contributed by atoms with Gasteiger partial charge in [0.25, 0.3) is 0 Å². The van der Waals surface area contributed by atoms with Crippen LogP contribution in [0.2, 0.25) is 0 Å². The van der Waals surface area contributed by atoms with Crippen molar-refractivity contribution in [1.29, 1.82) is 0 Å². The summed E-state index contributed by atoms with van der Waals surface area (Å²) in [6.45, 7) is 2.52. The average Bonchev–Trinajstić information content (AvgIpc) is 2.43. The molecule has 4 heteroatoms. The number of hydrogen-bond acceptors (Lipinski definition) is 4. The van der Waals surface area contributed by atoms with Gasteiger partial charge in [0.2, 0.25) is 0 Å². The summed E-state index contributed by atoms with van der Waals surface area (Å²) in [5, 5.41) is 20.8. The Balaban J connectivity index is 2.38. The molecule has 1 heterocycles. The third kappa shape index (κ3) is 3.03. The van der Waals surface area contributed by atoms with Gasteiger partial charge in [-0.15, -0.1) is 0 Å². The Hall–Kier alpha value is -1.65. The standard InChI is InChI=1S/C15H20N2O2/c1-11(19)7-8-17(2)15-14-6-4-3-5-13(14)12(10-18)9-16-15/h3-6,9,11,18-19H,7-8,10H2,1-2H3. The van der Waals surface area contributed by atoms with Gasteiger partial charge >= 0.3 is 0 Å². The van der Waals surface area contributed by atoms with Crippen molar-refractivity contribution >= 4 is 16.6 Å². The van der Waals surface area contributed by atoms with Crippen molar-refractivity contribution in [3.63, 3.8) is 0 Å². The van der Waals surface area contributed by atoms with Crippen LogP contribution >= 0.6 is 0 Å². The lowest BCUT2D eigenvalue weighted by atomic mass is 10.1. The third-order valence-corrected chi connectivity index (χ3v) is 3.27. The summed E-state index contributed by atoms with van der Waals surface area (Å²) in [4.78, 5) is 6.48. The minimum atomic E-state index is -0.314. The number of anilines is 1. The molecule has 0 saturated heterocycles. The first-order chi connectivity index (χ1) is 9.13. The molecule has 0 aliphatic rings. The van der Waals surface area contributed by atoms with E-state index in [2.05, 4.69) is 4.98 Å². The molecule has 0 fully saturated rings. The van der Waals surface area contributed by atoms with Crippen LogP contribution in [-0.4, -0.2) is 34.9 Å². The molecule has 1 unspecified atom stereocenters. The number of pyridine rings is 1. The number of aromatic nitrogens is 1. The zero-order valence-electron chi connectivity index (χ0n) is 11.4. The van der Waals surface area contributed by atoms with E-state index in [0.717, 1.165) is 28.7 Å². The molecule has 1 atom stereocenters. The predicted octanol–water partition coefficient (Wildman–Crippen LogP) is 1.93. The van der Waals surface area contributed by atoms with E-state index >= 15 is 0 Å². The molecule has 0 radical (unpaired) electrons. The van der Waals surface area contributed by atoms with Gasteiger partial charge < -0.3 is 15.1 Å². The highest BCUT2D eigenvalue weighted by molar-refractivity contribution is 5.94. The zero-order chi connectivity index (χ0) is 13.8. The van der Waals surface area contributed by atoms with Gasteiger partial charge in [-0.25, -0.2) is 4.98 Å². The van der Waals surface area contributed by atoms with E-state index in [9.17, 15) is 10.2 Å². The quantitative estimate of drug-likeness (QED) is 0.862. The SMILES string of the molecule is CC(O)CCN(C)c1ncc(CO)c2ccccc12. The second-order valence-electron chi connectivity index (χ2n) is 4.87. The predicted molar refractivity (Wildman–Crippen MR) is 77.2 cm³/mol. The first-order valence-corrected chi connectivity index (χ1v) is 6.50. The number of nitrogens with zero attached hydrogens (tertiary/aromatic N) is 2. The Labute approximate surface area is 113 Å². The molecule has 1 aromatic heterocycles. The lowest BCUT2D eigenvalue weighted by Gasteiger charge is -2.21. The molecule has 4 nitrogen and oxygen atoms in total. The van der Waals surface area contributed by atoms with E-state index in [0.29, 0.717) is 6.42 Å². The van der Waals surface area contributed by atoms with Gasteiger partial charge in [0.15, 0.2) is 0 Å². The fourth-order valence-electron chi connectivity index (χ4n) is 2.15. The minimum Gasteiger partial charge on any atom is -0.393 e. The molecule has 0 aliphatic heterocycles. The van der Waals surface area contributed by atoms with Crippen molar-refractivity contribution < 1.29 is 10.2 Å². The Morgan fingerprint density at radius 1 is 1.26 bits per heavy atom. The number of benzene rings is 1. The first-order valence-electron chi connectivity index (χ1n) is 6.50. The van der Waals surface area contributed by atoms with E-state index in [-0.39, 0.29) is 12.7 Å². The Bertz CT molecular complexity index is 555. The number of aliphatic hydroxyl groups is 2. The summed E-state index contributed by atoms with van der Waals surface area (Å²) in [7, 11) is 1.97. The fraction of sp³-hybridized carbons (Fsp3) is 0.400. The maximum absolute atomic E-state index is 9.36. The van der Waals surface area contributed by atoms with E-state index < -0.39 is 0 Å². The van der Waals surface area contributed by atoms with Crippen LogP contribution in [0.3, 0.4) is 0 Å². The van der Waals surface area contributed by atoms with E-state index in [1.807, 2.05) is 36.2 Å². The van der Waals surface area contributed by atoms with Gasteiger partial charge in [0.1, 0.15) is 5.82 Å². The van der Waals surface area contributed by atoms with E-state index in [4.69, 9.17) is 0 Å². The van der Waals surface area contributed by atoms with Crippen molar-refractivity contribution in [2.75, 3.05) is 18.5 Å². The van der Waals surface area contributed by atoms with E-state index in [1.165, 1.54) is 0 Å². The molecule has 0 amide bonds. The molecule has 102 valence electrons. The van der Waals surface area contributed by atoms with Crippen molar-refractivity contribution in [3.8, 4) is 0 Å². The average molecular weight is 260 g/mol. The van der Waals surface area contributed by atoms with Gasteiger partial charge in [-0.2, -0.15) is 0 Å². The van der Waals surface area contributed by atoms with Crippen molar-refractivity contribution in [1.82, 2.24) is 4.98 Å². The summed E-state index contributed by atoms with van der Waals surface area (Å²) in [5.74, 6) is 0.883. The van der Waals surface area contributed by atoms with Gasteiger partial charge in [-0.3, -0.25) is 0 Å². The maximum atomic E-state index is 9.36. The molecule has 0 bridgehead atoms.